The van der Waals surface area contributed by atoms with E-state index in [4.69, 9.17) is 9.57 Å². The summed E-state index contributed by atoms with van der Waals surface area (Å²) in [7, 11) is 0. The Hall–Kier alpha value is -0.480. The Bertz CT molecular complexity index is 192. The first kappa shape index (κ1) is 17.9. The normalized spacial score (nSPS) is 10.6. The van der Waals surface area contributed by atoms with Crippen LogP contribution in [0.4, 0.5) is 4.79 Å². The molecule has 0 aliphatic rings. The smallest absolute Gasteiger partial charge is 0.434 e. The van der Waals surface area contributed by atoms with Crippen molar-refractivity contribution in [2.45, 2.75) is 53.1 Å². The van der Waals surface area contributed by atoms with E-state index in [1.165, 1.54) is 5.06 Å². The zero-order chi connectivity index (χ0) is 11.9. The molecular formula is C11H24ClNO3. The van der Waals surface area contributed by atoms with Crippen LogP contribution in [0.3, 0.4) is 0 Å². The monoisotopic (exact) mass is 253 g/mol. The molecule has 5 heteroatoms. The van der Waals surface area contributed by atoms with Crippen molar-refractivity contribution in [1.29, 1.82) is 0 Å². The molecule has 0 aromatic carbocycles. The molecule has 0 aliphatic carbocycles. The maximum atomic E-state index is 11.6. The quantitative estimate of drug-likeness (QED) is 0.705. The highest BCUT2D eigenvalue weighted by molar-refractivity contribution is 5.85. The predicted octanol–water partition coefficient (Wildman–Crippen LogP) is 3.40. The average molecular weight is 254 g/mol. The third-order valence-electron chi connectivity index (χ3n) is 1.48. The summed E-state index contributed by atoms with van der Waals surface area (Å²) in [5.74, 6) is 0. The van der Waals surface area contributed by atoms with Gasteiger partial charge in [-0.15, -0.1) is 12.4 Å². The zero-order valence-electron chi connectivity index (χ0n) is 10.9. The van der Waals surface area contributed by atoms with Crippen LogP contribution in [0.1, 0.15) is 47.5 Å². The highest BCUT2D eigenvalue weighted by Gasteiger charge is 2.22. The second-order valence-electron chi connectivity index (χ2n) is 4.42. The summed E-state index contributed by atoms with van der Waals surface area (Å²) in [5, 5.41) is 1.30. The lowest BCUT2D eigenvalue weighted by molar-refractivity contribution is -0.147. The van der Waals surface area contributed by atoms with Gasteiger partial charge in [0.1, 0.15) is 5.60 Å². The maximum absolute atomic E-state index is 11.6. The minimum absolute atomic E-state index is 0. The molecule has 0 rings (SSSR count). The molecule has 0 saturated heterocycles. The van der Waals surface area contributed by atoms with Gasteiger partial charge >= 0.3 is 6.09 Å². The van der Waals surface area contributed by atoms with Crippen molar-refractivity contribution >= 4 is 18.5 Å². The van der Waals surface area contributed by atoms with Crippen LogP contribution < -0.4 is 0 Å². The Morgan fingerprint density at radius 3 is 2.12 bits per heavy atom. The number of nitrogens with zero attached hydrogens (tertiary/aromatic N) is 1. The summed E-state index contributed by atoms with van der Waals surface area (Å²) in [6.07, 6.45) is 1.32. The van der Waals surface area contributed by atoms with Crippen molar-refractivity contribution < 1.29 is 14.4 Å². The van der Waals surface area contributed by atoms with Gasteiger partial charge in [0.25, 0.3) is 0 Å². The number of carbonyl (C=O) groups is 1. The van der Waals surface area contributed by atoms with E-state index >= 15 is 0 Å². The van der Waals surface area contributed by atoms with E-state index < -0.39 is 11.7 Å². The van der Waals surface area contributed by atoms with Crippen LogP contribution in [-0.4, -0.2) is 29.9 Å². The Kier molecular flexibility index (Phi) is 9.67. The lowest BCUT2D eigenvalue weighted by Gasteiger charge is -2.26. The summed E-state index contributed by atoms with van der Waals surface area (Å²) in [6, 6.07) is 0. The van der Waals surface area contributed by atoms with E-state index in [9.17, 15) is 4.79 Å². The molecule has 0 aromatic rings. The number of rotatable bonds is 5. The van der Waals surface area contributed by atoms with Crippen molar-refractivity contribution in [3.8, 4) is 0 Å². The Morgan fingerprint density at radius 2 is 1.75 bits per heavy atom. The summed E-state index contributed by atoms with van der Waals surface area (Å²) in [6.45, 7) is 10.6. The molecule has 0 bridgehead atoms. The molecule has 1 amide bonds. The van der Waals surface area contributed by atoms with E-state index in [0.717, 1.165) is 12.8 Å². The summed E-state index contributed by atoms with van der Waals surface area (Å²) in [4.78, 5) is 16.9. The first-order valence-corrected chi connectivity index (χ1v) is 5.54. The van der Waals surface area contributed by atoms with Gasteiger partial charge in [-0.3, -0.25) is 4.84 Å². The molecule has 0 saturated carbocycles. The van der Waals surface area contributed by atoms with E-state index in [1.807, 2.05) is 34.6 Å². The average Bonchev–Trinajstić information content (AvgIpc) is 2.09. The van der Waals surface area contributed by atoms with Crippen molar-refractivity contribution in [3.05, 3.63) is 0 Å². The van der Waals surface area contributed by atoms with Crippen LogP contribution >= 0.6 is 12.4 Å². The van der Waals surface area contributed by atoms with Crippen LogP contribution in [0.25, 0.3) is 0 Å². The number of hydroxylamine groups is 2. The van der Waals surface area contributed by atoms with Gasteiger partial charge in [0.15, 0.2) is 0 Å². The van der Waals surface area contributed by atoms with E-state index in [1.54, 1.807) is 0 Å². The molecular weight excluding hydrogens is 230 g/mol. The second-order valence-corrected chi connectivity index (χ2v) is 4.42. The van der Waals surface area contributed by atoms with Crippen molar-refractivity contribution in [1.82, 2.24) is 5.06 Å². The molecule has 0 unspecified atom stereocenters. The SMILES string of the molecule is CCCON(CCC)C(=O)OC(C)(C)C.Cl. The molecule has 0 spiro atoms. The number of carbonyl (C=O) groups excluding carboxylic acids is 1. The zero-order valence-corrected chi connectivity index (χ0v) is 11.7. The van der Waals surface area contributed by atoms with Gasteiger partial charge in [-0.05, 0) is 33.6 Å². The molecule has 0 heterocycles. The van der Waals surface area contributed by atoms with Gasteiger partial charge in [0, 0.05) is 0 Å². The number of ether oxygens (including phenoxy) is 1. The standard InChI is InChI=1S/C11H23NO3.ClH/c1-6-8-12(14-9-7-2)10(13)15-11(3,4)5;/h6-9H2,1-5H3;1H. The van der Waals surface area contributed by atoms with Crippen LogP contribution in [-0.2, 0) is 9.57 Å². The van der Waals surface area contributed by atoms with Crippen molar-refractivity contribution in [2.75, 3.05) is 13.2 Å². The van der Waals surface area contributed by atoms with Gasteiger partial charge in [-0.1, -0.05) is 13.8 Å². The number of hydrogen-bond acceptors (Lipinski definition) is 3. The van der Waals surface area contributed by atoms with Gasteiger partial charge in [-0.2, -0.15) is 5.06 Å². The molecule has 0 aromatic heterocycles. The van der Waals surface area contributed by atoms with Gasteiger partial charge in [0.05, 0.1) is 13.2 Å². The van der Waals surface area contributed by atoms with Crippen molar-refractivity contribution in [2.24, 2.45) is 0 Å². The lowest BCUT2D eigenvalue weighted by Crippen LogP contribution is -2.37. The molecule has 0 aliphatic heterocycles. The van der Waals surface area contributed by atoms with Crippen LogP contribution in [0.5, 0.6) is 0 Å². The van der Waals surface area contributed by atoms with E-state index in [0.29, 0.717) is 13.2 Å². The molecule has 0 atom stereocenters. The first-order valence-electron chi connectivity index (χ1n) is 5.54. The fourth-order valence-electron chi connectivity index (χ4n) is 0.926. The molecule has 4 nitrogen and oxygen atoms in total. The third kappa shape index (κ3) is 8.80. The van der Waals surface area contributed by atoms with Gasteiger partial charge in [0.2, 0.25) is 0 Å². The Balaban J connectivity index is 0. The Labute approximate surface area is 105 Å². The number of amides is 1. The topological polar surface area (TPSA) is 38.8 Å². The first-order chi connectivity index (χ1) is 6.90. The number of halogens is 1. The molecule has 0 fully saturated rings. The summed E-state index contributed by atoms with van der Waals surface area (Å²) >= 11 is 0. The van der Waals surface area contributed by atoms with E-state index in [2.05, 4.69) is 0 Å². The van der Waals surface area contributed by atoms with Gasteiger partial charge in [-0.25, -0.2) is 4.79 Å². The largest absolute Gasteiger partial charge is 0.442 e. The van der Waals surface area contributed by atoms with Crippen molar-refractivity contribution in [3.63, 3.8) is 0 Å². The predicted molar refractivity (Wildman–Crippen MR) is 66.7 cm³/mol. The summed E-state index contributed by atoms with van der Waals surface area (Å²) < 4.78 is 5.21. The minimum Gasteiger partial charge on any atom is -0.442 e. The van der Waals surface area contributed by atoms with Gasteiger partial charge < -0.3 is 4.74 Å². The van der Waals surface area contributed by atoms with Crippen LogP contribution in [0, 0.1) is 0 Å². The molecule has 0 N–H and O–H groups in total. The maximum Gasteiger partial charge on any atom is 0.434 e. The molecule has 0 radical (unpaired) electrons. The number of hydrogen-bond donors (Lipinski definition) is 0. The summed E-state index contributed by atoms with van der Waals surface area (Å²) in [5.41, 5.74) is -0.474. The second kappa shape index (κ2) is 8.65. The highest BCUT2D eigenvalue weighted by Crippen LogP contribution is 2.10. The fraction of sp³-hybridized carbons (Fsp3) is 0.909. The Morgan fingerprint density at radius 1 is 1.19 bits per heavy atom. The molecule has 98 valence electrons. The fourth-order valence-corrected chi connectivity index (χ4v) is 0.926. The van der Waals surface area contributed by atoms with Crippen LogP contribution in [0.2, 0.25) is 0 Å². The van der Waals surface area contributed by atoms with Crippen LogP contribution in [0.15, 0.2) is 0 Å². The molecule has 16 heavy (non-hydrogen) atoms. The third-order valence-corrected chi connectivity index (χ3v) is 1.48. The lowest BCUT2D eigenvalue weighted by atomic mass is 10.2. The van der Waals surface area contributed by atoms with E-state index in [-0.39, 0.29) is 12.4 Å². The minimum atomic E-state index is -0.474. The highest BCUT2D eigenvalue weighted by atomic mass is 35.5.